The molecule has 1 aromatic heterocycles. The zero-order valence-corrected chi connectivity index (χ0v) is 18.9. The molecule has 0 fully saturated rings. The van der Waals surface area contributed by atoms with E-state index in [-0.39, 0.29) is 22.3 Å². The van der Waals surface area contributed by atoms with Gasteiger partial charge in [-0.15, -0.1) is 0 Å². The van der Waals surface area contributed by atoms with Crippen LogP contribution in [0.3, 0.4) is 0 Å². The van der Waals surface area contributed by atoms with Crippen LogP contribution in [0, 0.1) is 5.82 Å². The van der Waals surface area contributed by atoms with Gasteiger partial charge in [0.25, 0.3) is 5.56 Å². The monoisotopic (exact) mass is 459 g/mol. The highest BCUT2D eigenvalue weighted by atomic mass is 32.2. The highest BCUT2D eigenvalue weighted by molar-refractivity contribution is 8.00. The summed E-state index contributed by atoms with van der Waals surface area (Å²) >= 11 is 1.17. The van der Waals surface area contributed by atoms with Gasteiger partial charge >= 0.3 is 0 Å². The third kappa shape index (κ3) is 3.93. The van der Waals surface area contributed by atoms with Gasteiger partial charge in [0.2, 0.25) is 5.91 Å². The van der Waals surface area contributed by atoms with Crippen molar-refractivity contribution in [3.8, 4) is 5.69 Å². The minimum Gasteiger partial charge on any atom is -0.311 e. The summed E-state index contributed by atoms with van der Waals surface area (Å²) in [4.78, 5) is 33.3. The second-order valence-electron chi connectivity index (χ2n) is 7.99. The number of hydrogen-bond acceptors (Lipinski definition) is 4. The van der Waals surface area contributed by atoms with E-state index >= 15 is 0 Å². The molecule has 5 rings (SSSR count). The van der Waals surface area contributed by atoms with E-state index < -0.39 is 11.1 Å². The van der Waals surface area contributed by atoms with Gasteiger partial charge in [0.15, 0.2) is 5.16 Å². The molecule has 166 valence electrons. The fraction of sp³-hybridized carbons (Fsp3) is 0.192. The molecular weight excluding hydrogens is 437 g/mol. The Labute approximate surface area is 194 Å². The molecule has 33 heavy (non-hydrogen) atoms. The van der Waals surface area contributed by atoms with E-state index in [2.05, 4.69) is 4.98 Å². The first-order valence-electron chi connectivity index (χ1n) is 10.9. The van der Waals surface area contributed by atoms with Crippen molar-refractivity contribution in [1.29, 1.82) is 0 Å². The lowest BCUT2D eigenvalue weighted by molar-refractivity contribution is -0.117. The summed E-state index contributed by atoms with van der Waals surface area (Å²) in [7, 11) is 0. The van der Waals surface area contributed by atoms with Gasteiger partial charge in [-0.25, -0.2) is 9.37 Å². The molecular formula is C26H22FN3O2S. The molecule has 0 saturated carbocycles. The quantitative estimate of drug-likeness (QED) is 0.319. The van der Waals surface area contributed by atoms with Crippen LogP contribution in [0.25, 0.3) is 16.6 Å². The van der Waals surface area contributed by atoms with Gasteiger partial charge in [0, 0.05) is 12.2 Å². The number of benzene rings is 3. The number of anilines is 1. The second-order valence-corrected chi connectivity index (χ2v) is 9.29. The molecule has 1 aliphatic heterocycles. The molecule has 0 radical (unpaired) electrons. The molecule has 0 saturated heterocycles. The Morgan fingerprint density at radius 2 is 1.70 bits per heavy atom. The van der Waals surface area contributed by atoms with Crippen molar-refractivity contribution in [2.45, 2.75) is 30.2 Å². The molecule has 0 N–H and O–H groups in total. The first-order chi connectivity index (χ1) is 16.0. The summed E-state index contributed by atoms with van der Waals surface area (Å²) in [6.07, 6.45) is 1.84. The number of para-hydroxylation sites is 3. The fourth-order valence-corrected chi connectivity index (χ4v) is 5.21. The van der Waals surface area contributed by atoms with Gasteiger partial charge in [0.05, 0.1) is 21.8 Å². The van der Waals surface area contributed by atoms with E-state index in [1.54, 1.807) is 49.4 Å². The maximum Gasteiger partial charge on any atom is 0.266 e. The van der Waals surface area contributed by atoms with Crippen LogP contribution in [0.2, 0.25) is 0 Å². The molecule has 0 bridgehead atoms. The summed E-state index contributed by atoms with van der Waals surface area (Å²) in [5, 5.41) is 0.159. The van der Waals surface area contributed by atoms with E-state index in [9.17, 15) is 14.0 Å². The van der Waals surface area contributed by atoms with E-state index in [4.69, 9.17) is 0 Å². The predicted octanol–water partition coefficient (Wildman–Crippen LogP) is 4.98. The number of aromatic nitrogens is 2. The van der Waals surface area contributed by atoms with Crippen molar-refractivity contribution >= 4 is 34.3 Å². The second kappa shape index (κ2) is 8.83. The number of halogens is 1. The summed E-state index contributed by atoms with van der Waals surface area (Å²) in [5.74, 6) is -0.586. The van der Waals surface area contributed by atoms with Gasteiger partial charge in [-0.1, -0.05) is 54.2 Å². The summed E-state index contributed by atoms with van der Waals surface area (Å²) in [5.41, 5.74) is 2.35. The van der Waals surface area contributed by atoms with Crippen LogP contribution in [0.15, 0.2) is 82.7 Å². The molecule has 0 spiro atoms. The minimum atomic E-state index is -0.526. The zero-order valence-electron chi connectivity index (χ0n) is 18.1. The van der Waals surface area contributed by atoms with E-state index in [1.165, 1.54) is 22.4 Å². The van der Waals surface area contributed by atoms with E-state index in [0.717, 1.165) is 24.1 Å². The van der Waals surface area contributed by atoms with Crippen molar-refractivity contribution in [2.24, 2.45) is 0 Å². The third-order valence-corrected chi connectivity index (χ3v) is 6.88. The lowest BCUT2D eigenvalue weighted by atomic mass is 10.0. The zero-order chi connectivity index (χ0) is 22.9. The van der Waals surface area contributed by atoms with Crippen LogP contribution >= 0.6 is 11.8 Å². The standard InChI is InChI=1S/C26H22FN3O2S/c1-17(24(31)29-16-8-10-18-9-2-6-14-22(18)29)33-26-28-21-13-5-3-11-19(21)25(32)30(26)23-15-7-4-12-20(23)27/h2-7,9,11-15,17H,8,10,16H2,1H3. The smallest absolute Gasteiger partial charge is 0.266 e. The van der Waals surface area contributed by atoms with Crippen molar-refractivity contribution in [2.75, 3.05) is 11.4 Å². The summed E-state index contributed by atoms with van der Waals surface area (Å²) in [6, 6.07) is 21.0. The number of carbonyl (C=O) groups is 1. The number of aryl methyl sites for hydroxylation is 1. The van der Waals surface area contributed by atoms with Gasteiger partial charge in [0.1, 0.15) is 5.82 Å². The van der Waals surface area contributed by atoms with Gasteiger partial charge in [-0.05, 0) is 55.7 Å². The van der Waals surface area contributed by atoms with Crippen LogP contribution in [0.1, 0.15) is 18.9 Å². The molecule has 2 heterocycles. The van der Waals surface area contributed by atoms with Crippen LogP contribution in [0.4, 0.5) is 10.1 Å². The number of amides is 1. The Morgan fingerprint density at radius 1 is 1.00 bits per heavy atom. The number of rotatable bonds is 4. The van der Waals surface area contributed by atoms with Crippen molar-refractivity contribution in [1.82, 2.24) is 9.55 Å². The topological polar surface area (TPSA) is 55.2 Å². The lowest BCUT2D eigenvalue weighted by Crippen LogP contribution is -2.40. The number of carbonyl (C=O) groups excluding carboxylic acids is 1. The third-order valence-electron chi connectivity index (χ3n) is 5.84. The Bertz CT molecular complexity index is 1420. The van der Waals surface area contributed by atoms with Crippen LogP contribution in [-0.4, -0.2) is 27.3 Å². The Kier molecular flexibility index (Phi) is 5.72. The van der Waals surface area contributed by atoms with E-state index in [0.29, 0.717) is 17.4 Å². The summed E-state index contributed by atoms with van der Waals surface area (Å²) in [6.45, 7) is 2.45. The predicted molar refractivity (Wildman–Crippen MR) is 130 cm³/mol. The maximum absolute atomic E-state index is 14.7. The van der Waals surface area contributed by atoms with Crippen molar-refractivity contribution < 1.29 is 9.18 Å². The highest BCUT2D eigenvalue weighted by Crippen LogP contribution is 2.31. The number of nitrogens with zero attached hydrogens (tertiary/aromatic N) is 3. The molecule has 1 aliphatic rings. The molecule has 1 atom stereocenters. The average Bonchev–Trinajstić information content (AvgIpc) is 2.84. The Balaban J connectivity index is 1.56. The van der Waals surface area contributed by atoms with E-state index in [1.807, 2.05) is 29.2 Å². The lowest BCUT2D eigenvalue weighted by Gasteiger charge is -2.31. The van der Waals surface area contributed by atoms with Crippen LogP contribution < -0.4 is 10.5 Å². The first kappa shape index (κ1) is 21.4. The van der Waals surface area contributed by atoms with Crippen molar-refractivity contribution in [3.63, 3.8) is 0 Å². The van der Waals surface area contributed by atoms with Crippen LogP contribution in [-0.2, 0) is 11.2 Å². The highest BCUT2D eigenvalue weighted by Gasteiger charge is 2.28. The van der Waals surface area contributed by atoms with Crippen LogP contribution in [0.5, 0.6) is 0 Å². The largest absolute Gasteiger partial charge is 0.311 e. The molecule has 3 aromatic carbocycles. The molecule has 5 nitrogen and oxygen atoms in total. The molecule has 4 aromatic rings. The minimum absolute atomic E-state index is 0.0605. The van der Waals surface area contributed by atoms with Gasteiger partial charge in [-0.2, -0.15) is 0 Å². The first-order valence-corrected chi connectivity index (χ1v) is 11.7. The SMILES string of the molecule is CC(Sc1nc2ccccc2c(=O)n1-c1ccccc1F)C(=O)N1CCCc2ccccc21. The van der Waals surface area contributed by atoms with Gasteiger partial charge in [-0.3, -0.25) is 14.2 Å². The summed E-state index contributed by atoms with van der Waals surface area (Å²) < 4.78 is 16.0. The number of thioether (sulfide) groups is 1. The maximum atomic E-state index is 14.7. The Hall–Kier alpha value is -3.45. The molecule has 1 amide bonds. The molecule has 1 unspecified atom stereocenters. The Morgan fingerprint density at radius 3 is 2.52 bits per heavy atom. The van der Waals surface area contributed by atoms with Gasteiger partial charge < -0.3 is 4.90 Å². The molecule has 0 aliphatic carbocycles. The molecule has 7 heteroatoms. The number of hydrogen-bond donors (Lipinski definition) is 0. The number of fused-ring (bicyclic) bond motifs is 2. The average molecular weight is 460 g/mol. The van der Waals surface area contributed by atoms with Crippen molar-refractivity contribution in [3.05, 3.63) is 94.5 Å². The fourth-order valence-electron chi connectivity index (χ4n) is 4.23. The normalized spacial score (nSPS) is 14.2.